The Morgan fingerprint density at radius 2 is 2.17 bits per heavy atom. The molecule has 0 aliphatic heterocycles. The van der Waals surface area contributed by atoms with Gasteiger partial charge in [-0.3, -0.25) is 0 Å². The molecule has 2 heterocycles. The van der Waals surface area contributed by atoms with E-state index in [1.54, 1.807) is 17.6 Å². The van der Waals surface area contributed by atoms with Crippen molar-refractivity contribution in [2.24, 2.45) is 0 Å². The number of hydrogen-bond acceptors (Lipinski definition) is 3. The fourth-order valence-corrected chi connectivity index (χ4v) is 2.74. The van der Waals surface area contributed by atoms with Gasteiger partial charge in [0, 0.05) is 5.56 Å². The molecule has 0 amide bonds. The number of hydrogen-bond donors (Lipinski definition) is 0. The Morgan fingerprint density at radius 1 is 1.33 bits per heavy atom. The normalized spacial score (nSPS) is 11.1. The maximum absolute atomic E-state index is 14.0. The summed E-state index contributed by atoms with van der Waals surface area (Å²) < 4.78 is 15.0. The number of fused-ring (bicyclic) bond motifs is 1. The molecule has 3 rings (SSSR count). The van der Waals surface area contributed by atoms with Gasteiger partial charge < -0.3 is 0 Å². The number of halogens is 2. The Morgan fingerprint density at radius 3 is 3.00 bits per heavy atom. The average molecular weight is 279 g/mol. The molecule has 2 nitrogen and oxygen atoms in total. The lowest BCUT2D eigenvalue weighted by molar-refractivity contribution is 0.631. The standard InChI is InChI=1S/C13H8ClFN2S/c1-7-5-10-13(16-6-18-10)17-12(7)8-3-2-4-9(14)11(8)15/h2-6H,1H3. The Bertz CT molecular complexity index is 739. The highest BCUT2D eigenvalue weighted by Gasteiger charge is 2.13. The molecule has 0 saturated carbocycles. The molecular formula is C13H8ClFN2S. The molecule has 0 atom stereocenters. The lowest BCUT2D eigenvalue weighted by atomic mass is 10.1. The molecule has 0 fully saturated rings. The van der Waals surface area contributed by atoms with Crippen molar-refractivity contribution in [2.75, 3.05) is 0 Å². The fraction of sp³-hybridized carbons (Fsp3) is 0.0769. The van der Waals surface area contributed by atoms with E-state index in [2.05, 4.69) is 9.97 Å². The summed E-state index contributed by atoms with van der Waals surface area (Å²) in [7, 11) is 0. The lowest BCUT2D eigenvalue weighted by Gasteiger charge is -2.07. The van der Waals surface area contributed by atoms with Crippen molar-refractivity contribution in [2.45, 2.75) is 6.92 Å². The molecule has 0 bridgehead atoms. The van der Waals surface area contributed by atoms with E-state index in [1.165, 1.54) is 17.4 Å². The van der Waals surface area contributed by atoms with Gasteiger partial charge in [-0.25, -0.2) is 14.4 Å². The molecule has 0 aliphatic rings. The van der Waals surface area contributed by atoms with E-state index in [1.807, 2.05) is 13.0 Å². The summed E-state index contributed by atoms with van der Waals surface area (Å²) in [5, 5.41) is 0.104. The zero-order chi connectivity index (χ0) is 12.7. The third-order valence-electron chi connectivity index (χ3n) is 2.72. The Balaban J connectivity index is 2.30. The Kier molecular flexibility index (Phi) is 2.76. The first-order valence-electron chi connectivity index (χ1n) is 5.32. The summed E-state index contributed by atoms with van der Waals surface area (Å²) in [5.41, 5.74) is 4.28. The first-order valence-corrected chi connectivity index (χ1v) is 6.58. The van der Waals surface area contributed by atoms with E-state index < -0.39 is 5.82 Å². The first kappa shape index (κ1) is 11.6. The largest absolute Gasteiger partial charge is 0.227 e. The smallest absolute Gasteiger partial charge is 0.170 e. The molecule has 2 aromatic heterocycles. The quantitative estimate of drug-likeness (QED) is 0.657. The summed E-state index contributed by atoms with van der Waals surface area (Å²) in [6, 6.07) is 6.88. The summed E-state index contributed by atoms with van der Waals surface area (Å²) in [4.78, 5) is 8.56. The van der Waals surface area contributed by atoms with Gasteiger partial charge in [0.1, 0.15) is 0 Å². The minimum Gasteiger partial charge on any atom is -0.227 e. The molecule has 18 heavy (non-hydrogen) atoms. The molecular weight excluding hydrogens is 271 g/mol. The van der Waals surface area contributed by atoms with Gasteiger partial charge in [0.05, 0.1) is 20.9 Å². The molecule has 5 heteroatoms. The highest BCUT2D eigenvalue weighted by Crippen LogP contribution is 2.30. The minimum atomic E-state index is -0.440. The van der Waals surface area contributed by atoms with Crippen molar-refractivity contribution in [1.29, 1.82) is 0 Å². The van der Waals surface area contributed by atoms with Crippen LogP contribution < -0.4 is 0 Å². The maximum Gasteiger partial charge on any atom is 0.170 e. The third kappa shape index (κ3) is 1.78. The number of nitrogens with zero attached hydrogens (tertiary/aromatic N) is 2. The fourth-order valence-electron chi connectivity index (χ4n) is 1.85. The van der Waals surface area contributed by atoms with E-state index in [9.17, 15) is 4.39 Å². The lowest BCUT2D eigenvalue weighted by Crippen LogP contribution is -1.93. The van der Waals surface area contributed by atoms with Crippen LogP contribution in [0.15, 0.2) is 29.8 Å². The zero-order valence-corrected chi connectivity index (χ0v) is 11.0. The highest BCUT2D eigenvalue weighted by molar-refractivity contribution is 7.16. The third-order valence-corrected chi connectivity index (χ3v) is 3.78. The van der Waals surface area contributed by atoms with Gasteiger partial charge in [-0.1, -0.05) is 17.7 Å². The van der Waals surface area contributed by atoms with Crippen LogP contribution in [0.1, 0.15) is 5.56 Å². The van der Waals surface area contributed by atoms with Crippen LogP contribution in [0.3, 0.4) is 0 Å². The van der Waals surface area contributed by atoms with Crippen LogP contribution in [-0.4, -0.2) is 9.97 Å². The van der Waals surface area contributed by atoms with E-state index in [4.69, 9.17) is 11.6 Å². The average Bonchev–Trinajstić information content (AvgIpc) is 2.79. The first-order chi connectivity index (χ1) is 8.66. The number of benzene rings is 1. The van der Waals surface area contributed by atoms with Crippen molar-refractivity contribution in [3.05, 3.63) is 46.2 Å². The SMILES string of the molecule is Cc1cc2scnc2nc1-c1cccc(Cl)c1F. The van der Waals surface area contributed by atoms with Crippen molar-refractivity contribution in [1.82, 2.24) is 9.97 Å². The van der Waals surface area contributed by atoms with Gasteiger partial charge in [0.25, 0.3) is 0 Å². The molecule has 0 saturated heterocycles. The van der Waals surface area contributed by atoms with Gasteiger partial charge >= 0.3 is 0 Å². The number of aryl methyl sites for hydroxylation is 1. The second kappa shape index (κ2) is 4.30. The molecule has 1 aromatic carbocycles. The van der Waals surface area contributed by atoms with Crippen LogP contribution >= 0.6 is 22.9 Å². The molecule has 0 spiro atoms. The summed E-state index contributed by atoms with van der Waals surface area (Å²) in [6.45, 7) is 1.90. The van der Waals surface area contributed by atoms with E-state index in [-0.39, 0.29) is 5.02 Å². The number of thiazole rings is 1. The monoisotopic (exact) mass is 278 g/mol. The van der Waals surface area contributed by atoms with Gasteiger partial charge in [-0.2, -0.15) is 0 Å². The second-order valence-corrected chi connectivity index (χ2v) is 5.22. The summed E-state index contributed by atoms with van der Waals surface area (Å²) in [5.74, 6) is -0.440. The van der Waals surface area contributed by atoms with E-state index in [0.717, 1.165) is 10.3 Å². The highest BCUT2D eigenvalue weighted by atomic mass is 35.5. The van der Waals surface area contributed by atoms with Crippen molar-refractivity contribution in [3.63, 3.8) is 0 Å². The molecule has 0 N–H and O–H groups in total. The van der Waals surface area contributed by atoms with Crippen molar-refractivity contribution >= 4 is 33.3 Å². The van der Waals surface area contributed by atoms with Gasteiger partial charge in [-0.15, -0.1) is 11.3 Å². The van der Waals surface area contributed by atoms with Gasteiger partial charge in [-0.05, 0) is 30.7 Å². The number of aromatic nitrogens is 2. The summed E-state index contributed by atoms with van der Waals surface area (Å²) >= 11 is 7.32. The Labute approximate surface area is 112 Å². The van der Waals surface area contributed by atoms with Gasteiger partial charge in [0.2, 0.25) is 0 Å². The van der Waals surface area contributed by atoms with Crippen molar-refractivity contribution < 1.29 is 4.39 Å². The predicted molar refractivity (Wildman–Crippen MR) is 72.6 cm³/mol. The van der Waals surface area contributed by atoms with Gasteiger partial charge in [0.15, 0.2) is 11.5 Å². The van der Waals surface area contributed by atoms with Crippen LogP contribution in [0, 0.1) is 12.7 Å². The van der Waals surface area contributed by atoms with Crippen LogP contribution in [-0.2, 0) is 0 Å². The van der Waals surface area contributed by atoms with E-state index in [0.29, 0.717) is 16.9 Å². The van der Waals surface area contributed by atoms with Crippen LogP contribution in [0.25, 0.3) is 21.6 Å². The van der Waals surface area contributed by atoms with Crippen LogP contribution in [0.2, 0.25) is 5.02 Å². The second-order valence-electron chi connectivity index (χ2n) is 3.93. The molecule has 0 unspecified atom stereocenters. The Hall–Kier alpha value is -1.52. The topological polar surface area (TPSA) is 25.8 Å². The number of pyridine rings is 1. The minimum absolute atomic E-state index is 0.104. The van der Waals surface area contributed by atoms with E-state index >= 15 is 0 Å². The number of rotatable bonds is 1. The predicted octanol–water partition coefficient (Wildman–Crippen LogP) is 4.46. The molecule has 0 aliphatic carbocycles. The van der Waals surface area contributed by atoms with Crippen molar-refractivity contribution in [3.8, 4) is 11.3 Å². The zero-order valence-electron chi connectivity index (χ0n) is 9.45. The van der Waals surface area contributed by atoms with Crippen LogP contribution in [0.4, 0.5) is 4.39 Å². The molecule has 0 radical (unpaired) electrons. The molecule has 90 valence electrons. The maximum atomic E-state index is 14.0. The van der Waals surface area contributed by atoms with Crippen LogP contribution in [0.5, 0.6) is 0 Å². The molecule has 3 aromatic rings. The summed E-state index contributed by atoms with van der Waals surface area (Å²) in [6.07, 6.45) is 0.